The van der Waals surface area contributed by atoms with Crippen molar-refractivity contribution < 1.29 is 0 Å². The van der Waals surface area contributed by atoms with Crippen LogP contribution in [0.4, 0.5) is 5.69 Å². The number of hydrogen-bond acceptors (Lipinski definition) is 3. The van der Waals surface area contributed by atoms with E-state index in [0.717, 1.165) is 16.5 Å². The summed E-state index contributed by atoms with van der Waals surface area (Å²) in [6.07, 6.45) is 0. The van der Waals surface area contributed by atoms with Gasteiger partial charge >= 0.3 is 0 Å². The van der Waals surface area contributed by atoms with Crippen molar-refractivity contribution >= 4 is 29.1 Å². The summed E-state index contributed by atoms with van der Waals surface area (Å²) in [5.74, 6) is 0.821. The maximum absolute atomic E-state index is 8.92. The zero-order valence-corrected chi connectivity index (χ0v) is 9.27. The Kier molecular flexibility index (Phi) is 2.58. The Hall–Kier alpha value is -0.850. The third-order valence-corrected chi connectivity index (χ3v) is 3.69. The molecule has 0 amide bonds. The lowest BCUT2D eigenvalue weighted by molar-refractivity contribution is 0.823. The highest BCUT2D eigenvalue weighted by Gasteiger charge is 2.23. The molecule has 0 saturated carbocycles. The summed E-state index contributed by atoms with van der Waals surface area (Å²) in [6.45, 7) is 0. The molecule has 72 valence electrons. The van der Waals surface area contributed by atoms with E-state index in [9.17, 15) is 0 Å². The minimum atomic E-state index is -0.0500. The van der Waals surface area contributed by atoms with Crippen molar-refractivity contribution in [2.45, 2.75) is 10.9 Å². The van der Waals surface area contributed by atoms with Crippen LogP contribution in [-0.2, 0) is 0 Å². The van der Waals surface area contributed by atoms with Crippen LogP contribution in [-0.4, -0.2) is 18.8 Å². The zero-order chi connectivity index (χ0) is 10.1. The van der Waals surface area contributed by atoms with Crippen LogP contribution in [0.1, 0.15) is 0 Å². The molecule has 2 nitrogen and oxygen atoms in total. The molecule has 1 heterocycles. The topological polar surface area (TPSA) is 27.0 Å². The average molecular weight is 225 g/mol. The van der Waals surface area contributed by atoms with Gasteiger partial charge in [-0.15, -0.1) is 11.8 Å². The van der Waals surface area contributed by atoms with E-state index in [1.807, 2.05) is 30.1 Å². The third kappa shape index (κ3) is 1.56. The van der Waals surface area contributed by atoms with E-state index in [1.165, 1.54) is 4.90 Å². The smallest absolute Gasteiger partial charge is 0.126 e. The second kappa shape index (κ2) is 3.72. The van der Waals surface area contributed by atoms with Crippen LogP contribution in [0.2, 0.25) is 5.02 Å². The number of nitriles is 1. The minimum absolute atomic E-state index is 0.0500. The van der Waals surface area contributed by atoms with Gasteiger partial charge in [0.1, 0.15) is 6.04 Å². The molecular weight excluding hydrogens is 216 g/mol. The third-order valence-electron chi connectivity index (χ3n) is 2.31. The van der Waals surface area contributed by atoms with E-state index in [-0.39, 0.29) is 6.04 Å². The Bertz CT molecular complexity index is 400. The summed E-state index contributed by atoms with van der Waals surface area (Å²) >= 11 is 7.63. The number of thioether (sulfide) groups is 1. The van der Waals surface area contributed by atoms with E-state index < -0.39 is 0 Å². The summed E-state index contributed by atoms with van der Waals surface area (Å²) in [5, 5.41) is 9.64. The molecule has 1 aromatic rings. The number of benzene rings is 1. The largest absolute Gasteiger partial charge is 0.357 e. The van der Waals surface area contributed by atoms with E-state index in [0.29, 0.717) is 0 Å². The fraction of sp³-hybridized carbons (Fsp3) is 0.300. The molecule has 1 aliphatic heterocycles. The SMILES string of the molecule is CN1c2cc(Cl)ccc2SCC1C#N. The van der Waals surface area contributed by atoms with Gasteiger partial charge < -0.3 is 4.90 Å². The van der Waals surface area contributed by atoms with Crippen LogP contribution in [0, 0.1) is 11.3 Å². The first-order chi connectivity index (χ1) is 6.72. The fourth-order valence-electron chi connectivity index (χ4n) is 1.46. The fourth-order valence-corrected chi connectivity index (χ4v) is 2.78. The Morgan fingerprint density at radius 2 is 2.43 bits per heavy atom. The minimum Gasteiger partial charge on any atom is -0.357 e. The summed E-state index contributed by atoms with van der Waals surface area (Å²) in [5.41, 5.74) is 1.06. The summed E-state index contributed by atoms with van der Waals surface area (Å²) < 4.78 is 0. The van der Waals surface area contributed by atoms with Crippen LogP contribution < -0.4 is 4.90 Å². The highest BCUT2D eigenvalue weighted by molar-refractivity contribution is 7.99. The van der Waals surface area contributed by atoms with E-state index >= 15 is 0 Å². The number of anilines is 1. The van der Waals surface area contributed by atoms with Gasteiger partial charge in [0, 0.05) is 22.7 Å². The van der Waals surface area contributed by atoms with Crippen LogP contribution in [0.3, 0.4) is 0 Å². The Balaban J connectivity index is 2.44. The van der Waals surface area contributed by atoms with Gasteiger partial charge in [0.2, 0.25) is 0 Å². The number of halogens is 1. The average Bonchev–Trinajstić information content (AvgIpc) is 2.20. The molecule has 1 aliphatic rings. The molecule has 0 radical (unpaired) electrons. The van der Waals surface area contributed by atoms with E-state index in [4.69, 9.17) is 16.9 Å². The molecule has 0 aromatic heterocycles. The first-order valence-electron chi connectivity index (χ1n) is 4.27. The summed E-state index contributed by atoms with van der Waals surface area (Å²) in [7, 11) is 1.93. The number of fused-ring (bicyclic) bond motifs is 1. The Morgan fingerprint density at radius 1 is 1.64 bits per heavy atom. The molecule has 0 bridgehead atoms. The van der Waals surface area contributed by atoms with Crippen molar-refractivity contribution in [2.75, 3.05) is 17.7 Å². The molecule has 0 saturated heterocycles. The molecule has 0 spiro atoms. The standard InChI is InChI=1S/C10H9ClN2S/c1-13-8(5-12)6-14-10-3-2-7(11)4-9(10)13/h2-4,8H,6H2,1H3. The quantitative estimate of drug-likeness (QED) is 0.678. The molecule has 1 atom stereocenters. The highest BCUT2D eigenvalue weighted by Crippen LogP contribution is 2.37. The van der Waals surface area contributed by atoms with Crippen LogP contribution in [0.25, 0.3) is 0 Å². The number of nitrogens with zero attached hydrogens (tertiary/aromatic N) is 2. The highest BCUT2D eigenvalue weighted by atomic mass is 35.5. The summed E-state index contributed by atoms with van der Waals surface area (Å²) in [4.78, 5) is 3.18. The monoisotopic (exact) mass is 224 g/mol. The molecule has 2 rings (SSSR count). The summed E-state index contributed by atoms with van der Waals surface area (Å²) in [6, 6.07) is 8.03. The van der Waals surface area contributed by atoms with Crippen molar-refractivity contribution in [3.05, 3.63) is 23.2 Å². The Labute approximate surface area is 92.5 Å². The molecule has 1 unspecified atom stereocenters. The van der Waals surface area contributed by atoms with Crippen molar-refractivity contribution in [3.63, 3.8) is 0 Å². The molecule has 14 heavy (non-hydrogen) atoms. The van der Waals surface area contributed by atoms with Crippen LogP contribution >= 0.6 is 23.4 Å². The first-order valence-corrected chi connectivity index (χ1v) is 5.63. The normalized spacial score (nSPS) is 20.1. The molecule has 4 heteroatoms. The second-order valence-electron chi connectivity index (χ2n) is 3.18. The first kappa shape index (κ1) is 9.70. The van der Waals surface area contributed by atoms with Gasteiger partial charge in [0.05, 0.1) is 11.8 Å². The van der Waals surface area contributed by atoms with E-state index in [2.05, 4.69) is 6.07 Å². The van der Waals surface area contributed by atoms with Gasteiger partial charge in [0.25, 0.3) is 0 Å². The Morgan fingerprint density at radius 3 is 3.14 bits per heavy atom. The van der Waals surface area contributed by atoms with E-state index in [1.54, 1.807) is 11.8 Å². The van der Waals surface area contributed by atoms with Gasteiger partial charge in [-0.3, -0.25) is 0 Å². The van der Waals surface area contributed by atoms with Crippen LogP contribution in [0.5, 0.6) is 0 Å². The number of hydrogen-bond donors (Lipinski definition) is 0. The molecular formula is C10H9ClN2S. The van der Waals surface area contributed by atoms with Crippen LogP contribution in [0.15, 0.2) is 23.1 Å². The van der Waals surface area contributed by atoms with Crippen molar-refractivity contribution in [1.29, 1.82) is 5.26 Å². The lowest BCUT2D eigenvalue weighted by Gasteiger charge is -2.31. The van der Waals surface area contributed by atoms with Crippen molar-refractivity contribution in [1.82, 2.24) is 0 Å². The van der Waals surface area contributed by atoms with Gasteiger partial charge in [-0.2, -0.15) is 5.26 Å². The van der Waals surface area contributed by atoms with Gasteiger partial charge in [0.15, 0.2) is 0 Å². The lowest BCUT2D eigenvalue weighted by atomic mass is 10.2. The maximum atomic E-state index is 8.92. The zero-order valence-electron chi connectivity index (χ0n) is 7.70. The predicted octanol–water partition coefficient (Wildman–Crippen LogP) is 2.77. The van der Waals surface area contributed by atoms with Crippen molar-refractivity contribution in [3.8, 4) is 6.07 Å². The van der Waals surface area contributed by atoms with Crippen molar-refractivity contribution in [2.24, 2.45) is 0 Å². The van der Waals surface area contributed by atoms with Gasteiger partial charge in [-0.1, -0.05) is 11.6 Å². The maximum Gasteiger partial charge on any atom is 0.126 e. The van der Waals surface area contributed by atoms with Gasteiger partial charge in [-0.05, 0) is 18.2 Å². The molecule has 0 fully saturated rings. The molecule has 0 N–H and O–H groups in total. The lowest BCUT2D eigenvalue weighted by Crippen LogP contribution is -2.35. The second-order valence-corrected chi connectivity index (χ2v) is 4.68. The number of rotatable bonds is 0. The van der Waals surface area contributed by atoms with Gasteiger partial charge in [-0.25, -0.2) is 0 Å². The predicted molar refractivity (Wildman–Crippen MR) is 60.0 cm³/mol. The molecule has 1 aromatic carbocycles. The molecule has 0 aliphatic carbocycles.